The third-order valence-corrected chi connectivity index (χ3v) is 8.02. The third-order valence-electron chi connectivity index (χ3n) is 7.77. The van der Waals surface area contributed by atoms with Gasteiger partial charge in [-0.2, -0.15) is 0 Å². The number of piperazine rings is 1. The number of methoxy groups -OCH3 is 1. The molecular weight excluding hydrogens is 566 g/mol. The van der Waals surface area contributed by atoms with Crippen molar-refractivity contribution in [3.05, 3.63) is 82.9 Å². The zero-order valence-corrected chi connectivity index (χ0v) is 26.4. The number of esters is 1. The number of nitrogens with zero attached hydrogens (tertiary/aromatic N) is 2. The third kappa shape index (κ3) is 8.71. The average molecular weight is 608 g/mol. The molecule has 43 heavy (non-hydrogen) atoms. The minimum absolute atomic E-state index is 0.154. The predicted octanol–water partition coefficient (Wildman–Crippen LogP) is 5.64. The maximum Gasteiger partial charge on any atom is 0.408 e. The van der Waals surface area contributed by atoms with E-state index in [-0.39, 0.29) is 17.9 Å². The minimum Gasteiger partial charge on any atom is -0.468 e. The first kappa shape index (κ1) is 32.3. The van der Waals surface area contributed by atoms with Gasteiger partial charge >= 0.3 is 12.1 Å². The molecule has 0 unspecified atom stereocenters. The summed E-state index contributed by atoms with van der Waals surface area (Å²) < 4.78 is 10.7. The van der Waals surface area contributed by atoms with Crippen molar-refractivity contribution in [3.8, 4) is 0 Å². The molecule has 1 aliphatic heterocycles. The van der Waals surface area contributed by atoms with Gasteiger partial charge in [0.15, 0.2) is 0 Å². The first-order valence-electron chi connectivity index (χ1n) is 14.8. The summed E-state index contributed by atoms with van der Waals surface area (Å²) in [5.41, 5.74) is 1.21. The molecule has 1 saturated heterocycles. The number of carbonyl (C=O) groups is 3. The van der Waals surface area contributed by atoms with Crippen molar-refractivity contribution in [1.29, 1.82) is 0 Å². The Balaban J connectivity index is 1.52. The van der Waals surface area contributed by atoms with Crippen molar-refractivity contribution in [3.63, 3.8) is 0 Å². The van der Waals surface area contributed by atoms with Gasteiger partial charge in [0.1, 0.15) is 17.7 Å². The maximum absolute atomic E-state index is 14.0. The van der Waals surface area contributed by atoms with E-state index >= 15 is 0 Å². The van der Waals surface area contributed by atoms with Crippen molar-refractivity contribution >= 4 is 40.3 Å². The number of carbonyl (C=O) groups excluding carboxylic acids is 3. The fourth-order valence-corrected chi connectivity index (χ4v) is 5.72. The second-order valence-electron chi connectivity index (χ2n) is 12.0. The summed E-state index contributed by atoms with van der Waals surface area (Å²) in [6.45, 7) is 8.79. The highest BCUT2D eigenvalue weighted by atomic mass is 35.5. The molecule has 230 valence electrons. The second kappa shape index (κ2) is 14.2. The van der Waals surface area contributed by atoms with Crippen LogP contribution >= 0.6 is 11.6 Å². The van der Waals surface area contributed by atoms with Gasteiger partial charge in [-0.1, -0.05) is 73.1 Å². The van der Waals surface area contributed by atoms with Gasteiger partial charge in [-0.05, 0) is 67.6 Å². The highest BCUT2D eigenvalue weighted by molar-refractivity contribution is 6.30. The maximum atomic E-state index is 14.0. The molecule has 9 heteroatoms. The Labute approximate surface area is 259 Å². The van der Waals surface area contributed by atoms with Crippen molar-refractivity contribution in [2.24, 2.45) is 0 Å². The first-order chi connectivity index (χ1) is 20.5. The lowest BCUT2D eigenvalue weighted by molar-refractivity contribution is -0.149. The molecule has 0 bridgehead atoms. The molecule has 0 aliphatic carbocycles. The molecule has 3 atom stereocenters. The molecule has 1 aliphatic rings. The Bertz CT molecular complexity index is 1420. The van der Waals surface area contributed by atoms with Crippen LogP contribution in [0.15, 0.2) is 66.7 Å². The van der Waals surface area contributed by atoms with E-state index in [1.165, 1.54) is 7.11 Å². The van der Waals surface area contributed by atoms with Gasteiger partial charge in [0.2, 0.25) is 5.91 Å². The molecule has 3 aromatic rings. The Morgan fingerprint density at radius 3 is 2.28 bits per heavy atom. The van der Waals surface area contributed by atoms with Crippen LogP contribution in [0.5, 0.6) is 0 Å². The van der Waals surface area contributed by atoms with E-state index in [2.05, 4.69) is 40.5 Å². The Morgan fingerprint density at radius 2 is 1.63 bits per heavy atom. The molecule has 4 rings (SSSR count). The van der Waals surface area contributed by atoms with E-state index < -0.39 is 23.8 Å². The first-order valence-corrected chi connectivity index (χ1v) is 15.2. The molecule has 3 aromatic carbocycles. The zero-order valence-electron chi connectivity index (χ0n) is 25.6. The summed E-state index contributed by atoms with van der Waals surface area (Å²) in [4.78, 5) is 43.8. The van der Waals surface area contributed by atoms with Crippen LogP contribution in [-0.2, 0) is 31.9 Å². The molecule has 8 nitrogen and oxygen atoms in total. The summed E-state index contributed by atoms with van der Waals surface area (Å²) in [5.74, 6) is -0.480. The van der Waals surface area contributed by atoms with Crippen LogP contribution in [0.1, 0.15) is 45.2 Å². The van der Waals surface area contributed by atoms with Gasteiger partial charge in [0.25, 0.3) is 0 Å². The highest BCUT2D eigenvalue weighted by Gasteiger charge is 2.38. The van der Waals surface area contributed by atoms with Crippen LogP contribution in [0.2, 0.25) is 5.02 Å². The number of rotatable bonds is 9. The fraction of sp³-hybridized carbons (Fsp3) is 0.441. The topological polar surface area (TPSA) is 88.2 Å². The number of fused-ring (bicyclic) bond motifs is 1. The number of alkyl carbamates (subject to hydrolysis) is 1. The average Bonchev–Trinajstić information content (AvgIpc) is 2.98. The number of hydrogen-bond acceptors (Lipinski definition) is 6. The van der Waals surface area contributed by atoms with E-state index in [1.54, 1.807) is 32.9 Å². The van der Waals surface area contributed by atoms with E-state index in [4.69, 9.17) is 21.1 Å². The standard InChI is InChI=1S/C34H42ClN3O5/c1-6-28-22-37(30(32(40)42-5)21-24-11-14-25-9-7-8-10-26(25)19-24)17-18-38(28)31(39)29(36-33(41)43-34(2,3)4)20-23-12-15-27(35)16-13-23/h7-16,19,28-30H,6,17-18,20-22H2,1-5H3,(H,36,41)/t28-,29-,30-/m0/s1. The molecule has 1 heterocycles. The molecule has 2 amide bonds. The van der Waals surface area contributed by atoms with Crippen LogP contribution in [0, 0.1) is 0 Å². The van der Waals surface area contributed by atoms with Gasteiger partial charge in [0.05, 0.1) is 7.11 Å². The van der Waals surface area contributed by atoms with Crippen LogP contribution in [0.3, 0.4) is 0 Å². The monoisotopic (exact) mass is 607 g/mol. The number of benzene rings is 3. The smallest absolute Gasteiger partial charge is 0.408 e. The largest absolute Gasteiger partial charge is 0.468 e. The summed E-state index contributed by atoms with van der Waals surface area (Å²) in [5, 5.41) is 5.67. The number of ether oxygens (including phenoxy) is 2. The van der Waals surface area contributed by atoms with E-state index in [0.717, 1.165) is 21.9 Å². The molecule has 1 fully saturated rings. The van der Waals surface area contributed by atoms with E-state index in [9.17, 15) is 14.4 Å². The number of halogens is 1. The summed E-state index contributed by atoms with van der Waals surface area (Å²) >= 11 is 6.07. The SMILES string of the molecule is CC[C@H]1CN([C@@H](Cc2ccc3ccccc3c2)C(=O)OC)CCN1C(=O)[C@H](Cc1ccc(Cl)cc1)NC(=O)OC(C)(C)C. The highest BCUT2D eigenvalue weighted by Crippen LogP contribution is 2.23. The van der Waals surface area contributed by atoms with Gasteiger partial charge in [0, 0.05) is 37.1 Å². The molecular formula is C34H42ClN3O5. The van der Waals surface area contributed by atoms with Crippen LogP contribution in [0.25, 0.3) is 10.8 Å². The molecule has 0 spiro atoms. The molecule has 0 aromatic heterocycles. The lowest BCUT2D eigenvalue weighted by atomic mass is 9.98. The number of hydrogen-bond donors (Lipinski definition) is 1. The summed E-state index contributed by atoms with van der Waals surface area (Å²) in [6, 6.07) is 20.2. The van der Waals surface area contributed by atoms with Gasteiger partial charge < -0.3 is 19.7 Å². The van der Waals surface area contributed by atoms with Crippen LogP contribution in [-0.4, -0.2) is 78.2 Å². The lowest BCUT2D eigenvalue weighted by Crippen LogP contribution is -2.62. The number of nitrogens with one attached hydrogen (secondary N) is 1. The van der Waals surface area contributed by atoms with Gasteiger partial charge in [-0.25, -0.2) is 4.79 Å². The van der Waals surface area contributed by atoms with Crippen molar-refractivity contribution in [2.75, 3.05) is 26.7 Å². The van der Waals surface area contributed by atoms with E-state index in [0.29, 0.717) is 43.9 Å². The minimum atomic E-state index is -0.828. The Morgan fingerprint density at radius 1 is 0.953 bits per heavy atom. The van der Waals surface area contributed by atoms with Crippen molar-refractivity contribution in [2.45, 2.75) is 70.7 Å². The molecule has 1 N–H and O–H groups in total. The van der Waals surface area contributed by atoms with Gasteiger partial charge in [-0.3, -0.25) is 14.5 Å². The molecule has 0 saturated carbocycles. The fourth-order valence-electron chi connectivity index (χ4n) is 5.59. The number of amides is 2. The van der Waals surface area contributed by atoms with Crippen LogP contribution < -0.4 is 5.32 Å². The normalized spacial score (nSPS) is 17.3. The summed E-state index contributed by atoms with van der Waals surface area (Å²) in [6.07, 6.45) is 0.833. The Hall–Kier alpha value is -3.62. The van der Waals surface area contributed by atoms with Crippen LogP contribution in [0.4, 0.5) is 4.79 Å². The quantitative estimate of drug-likeness (QED) is 0.317. The van der Waals surface area contributed by atoms with E-state index in [1.807, 2.05) is 36.1 Å². The molecule has 0 radical (unpaired) electrons. The second-order valence-corrected chi connectivity index (χ2v) is 12.5. The van der Waals surface area contributed by atoms with Crippen molar-refractivity contribution in [1.82, 2.24) is 15.1 Å². The van der Waals surface area contributed by atoms with Gasteiger partial charge in [-0.15, -0.1) is 0 Å². The summed E-state index contributed by atoms with van der Waals surface area (Å²) in [7, 11) is 1.41. The Kier molecular flexibility index (Phi) is 10.7. The predicted molar refractivity (Wildman–Crippen MR) is 169 cm³/mol. The lowest BCUT2D eigenvalue weighted by Gasteiger charge is -2.44. The zero-order chi connectivity index (χ0) is 31.1. The van der Waals surface area contributed by atoms with Crippen molar-refractivity contribution < 1.29 is 23.9 Å².